The highest BCUT2D eigenvalue weighted by Crippen LogP contribution is 2.41. The average Bonchev–Trinajstić information content (AvgIpc) is 2.80. The number of fused-ring (bicyclic) bond motifs is 1. The maximum absolute atomic E-state index is 14.1. The van der Waals surface area contributed by atoms with Crippen LogP contribution in [0.4, 0.5) is 46.9 Å². The number of nitrogens with zero attached hydrogens (tertiary/aromatic N) is 1. The molecule has 8 nitrogen and oxygen atoms in total. The van der Waals surface area contributed by atoms with Crippen LogP contribution < -0.4 is 14.4 Å². The first-order valence-corrected chi connectivity index (χ1v) is 12.9. The van der Waals surface area contributed by atoms with Gasteiger partial charge < -0.3 is 14.3 Å². The minimum atomic E-state index is -5.07. The lowest BCUT2D eigenvalue weighted by Gasteiger charge is -2.36. The number of anilines is 2. The second-order valence-corrected chi connectivity index (χ2v) is 11.3. The van der Waals surface area contributed by atoms with E-state index in [-0.39, 0.29) is 47.9 Å². The third kappa shape index (κ3) is 6.95. The first-order valence-electron chi connectivity index (χ1n) is 11.5. The van der Waals surface area contributed by atoms with Gasteiger partial charge in [-0.25, -0.2) is 17.6 Å². The van der Waals surface area contributed by atoms with Crippen LogP contribution in [0.2, 0.25) is 0 Å². The summed E-state index contributed by atoms with van der Waals surface area (Å²) in [4.78, 5) is 22.5. The first kappa shape index (κ1) is 31.0. The zero-order valence-electron chi connectivity index (χ0n) is 21.1. The number of carbonyl (C=O) groups is 2. The molecule has 0 radical (unpaired) electrons. The molecule has 0 spiro atoms. The summed E-state index contributed by atoms with van der Waals surface area (Å²) < 4.78 is 131. The topological polar surface area (TPSA) is 102 Å². The number of ketones is 1. The highest BCUT2D eigenvalue weighted by atomic mass is 32.2. The molecule has 220 valence electrons. The van der Waals surface area contributed by atoms with Crippen molar-refractivity contribution in [3.63, 3.8) is 0 Å². The Labute approximate surface area is 224 Å². The smallest absolute Gasteiger partial charge is 0.427 e. The predicted molar refractivity (Wildman–Crippen MR) is 127 cm³/mol. The highest BCUT2D eigenvalue weighted by Gasteiger charge is 2.51. The van der Waals surface area contributed by atoms with E-state index in [0.29, 0.717) is 24.2 Å². The Morgan fingerprint density at radius 3 is 2.30 bits per heavy atom. The van der Waals surface area contributed by atoms with Gasteiger partial charge in [0.15, 0.2) is 0 Å². The van der Waals surface area contributed by atoms with Crippen LogP contribution in [-0.4, -0.2) is 44.7 Å². The van der Waals surface area contributed by atoms with Crippen molar-refractivity contribution in [2.45, 2.75) is 62.6 Å². The fourth-order valence-electron chi connectivity index (χ4n) is 3.57. The number of sulfonamides is 1. The van der Waals surface area contributed by atoms with Crippen molar-refractivity contribution in [3.8, 4) is 5.75 Å². The van der Waals surface area contributed by atoms with E-state index in [4.69, 9.17) is 4.74 Å². The molecule has 0 aliphatic carbocycles. The van der Waals surface area contributed by atoms with E-state index in [1.54, 1.807) is 0 Å². The molecule has 0 saturated carbocycles. The van der Waals surface area contributed by atoms with Crippen LogP contribution in [0.15, 0.2) is 41.3 Å². The fraction of sp³-hybridized carbons (Fsp3) is 0.417. The summed E-state index contributed by atoms with van der Waals surface area (Å²) in [6.45, 7) is 1.98. The van der Waals surface area contributed by atoms with Gasteiger partial charge in [-0.15, -0.1) is 0 Å². The van der Waals surface area contributed by atoms with Gasteiger partial charge in [-0.1, -0.05) is 0 Å². The molecule has 1 atom stereocenters. The SMILES string of the molecule is CC(=O)CCC1CN(S(=O)(=O)c2cc(F)cc(C(F)(F)F)c2)c2cc(NC(=O)OC(C)(C)C(F)(F)F)ccc2O1. The molecule has 40 heavy (non-hydrogen) atoms. The molecular formula is C24H23F7N2O6S. The van der Waals surface area contributed by atoms with Crippen LogP contribution in [0.5, 0.6) is 5.75 Å². The van der Waals surface area contributed by atoms with Crippen molar-refractivity contribution >= 4 is 33.3 Å². The molecule has 0 aromatic heterocycles. The van der Waals surface area contributed by atoms with Crippen molar-refractivity contribution in [3.05, 3.63) is 47.8 Å². The number of hydrogen-bond acceptors (Lipinski definition) is 6. The summed E-state index contributed by atoms with van der Waals surface area (Å²) in [7, 11) is -4.91. The van der Waals surface area contributed by atoms with E-state index in [2.05, 4.69) is 4.74 Å². The molecule has 3 rings (SSSR count). The summed E-state index contributed by atoms with van der Waals surface area (Å²) >= 11 is 0. The number of halogens is 7. The van der Waals surface area contributed by atoms with Gasteiger partial charge in [0.25, 0.3) is 10.0 Å². The summed E-state index contributed by atoms with van der Waals surface area (Å²) in [6, 6.07) is 4.06. The van der Waals surface area contributed by atoms with Crippen molar-refractivity contribution in [1.29, 1.82) is 0 Å². The lowest BCUT2D eigenvalue weighted by atomic mass is 10.1. The van der Waals surface area contributed by atoms with Crippen molar-refractivity contribution in [2.24, 2.45) is 0 Å². The number of Topliss-reactive ketones (excluding diaryl/α,β-unsaturated/α-hetero) is 1. The maximum atomic E-state index is 14.1. The van der Waals surface area contributed by atoms with Gasteiger partial charge in [0.05, 0.1) is 22.7 Å². The molecular weight excluding hydrogens is 577 g/mol. The monoisotopic (exact) mass is 600 g/mol. The molecule has 1 heterocycles. The summed E-state index contributed by atoms with van der Waals surface area (Å²) in [5, 5.41) is 2.03. The van der Waals surface area contributed by atoms with Crippen LogP contribution in [0.3, 0.4) is 0 Å². The van der Waals surface area contributed by atoms with Crippen LogP contribution in [0, 0.1) is 5.82 Å². The lowest BCUT2D eigenvalue weighted by molar-refractivity contribution is -0.242. The van der Waals surface area contributed by atoms with Crippen LogP contribution >= 0.6 is 0 Å². The zero-order valence-corrected chi connectivity index (χ0v) is 21.9. The minimum absolute atomic E-state index is 0.0213. The Balaban J connectivity index is 2.04. The van der Waals surface area contributed by atoms with Gasteiger partial charge in [0.2, 0.25) is 5.60 Å². The van der Waals surface area contributed by atoms with E-state index in [1.165, 1.54) is 6.92 Å². The lowest BCUT2D eigenvalue weighted by Crippen LogP contribution is -2.44. The zero-order chi connectivity index (χ0) is 30.3. The van der Waals surface area contributed by atoms with E-state index < -0.39 is 63.0 Å². The molecule has 1 aliphatic heterocycles. The fourth-order valence-corrected chi connectivity index (χ4v) is 5.12. The van der Waals surface area contributed by atoms with Crippen LogP contribution in [-0.2, 0) is 25.7 Å². The number of carbonyl (C=O) groups excluding carboxylic acids is 2. The van der Waals surface area contributed by atoms with Crippen molar-refractivity contribution in [1.82, 2.24) is 0 Å². The van der Waals surface area contributed by atoms with Gasteiger partial charge in [-0.2, -0.15) is 26.3 Å². The number of alkyl halides is 6. The van der Waals surface area contributed by atoms with E-state index in [1.807, 2.05) is 5.32 Å². The number of hydrogen-bond donors (Lipinski definition) is 1. The Morgan fingerprint density at radius 1 is 1.07 bits per heavy atom. The Bertz CT molecular complexity index is 1410. The van der Waals surface area contributed by atoms with Gasteiger partial charge in [-0.05, 0) is 63.6 Å². The van der Waals surface area contributed by atoms with Gasteiger partial charge in [0, 0.05) is 12.1 Å². The molecule has 2 aromatic rings. The Kier molecular flexibility index (Phi) is 8.35. The number of benzene rings is 2. The number of rotatable bonds is 7. The first-order chi connectivity index (χ1) is 18.2. The normalized spacial score (nSPS) is 16.1. The molecule has 0 fully saturated rings. The molecule has 1 amide bonds. The summed E-state index contributed by atoms with van der Waals surface area (Å²) in [5.41, 5.74) is -4.99. The minimum Gasteiger partial charge on any atom is -0.486 e. The largest absolute Gasteiger partial charge is 0.486 e. The molecule has 1 aliphatic rings. The molecule has 0 saturated heterocycles. The second-order valence-electron chi connectivity index (χ2n) is 9.40. The quantitative estimate of drug-likeness (QED) is 0.388. The molecule has 16 heteroatoms. The summed E-state index contributed by atoms with van der Waals surface area (Å²) in [6.07, 6.45) is -12.5. The van der Waals surface area contributed by atoms with E-state index in [0.717, 1.165) is 18.2 Å². The van der Waals surface area contributed by atoms with Crippen molar-refractivity contribution < 1.29 is 58.2 Å². The summed E-state index contributed by atoms with van der Waals surface area (Å²) in [5.74, 6) is -1.85. The second kappa shape index (κ2) is 10.8. The van der Waals surface area contributed by atoms with E-state index >= 15 is 0 Å². The van der Waals surface area contributed by atoms with Crippen LogP contribution in [0.25, 0.3) is 0 Å². The molecule has 0 bridgehead atoms. The van der Waals surface area contributed by atoms with Gasteiger partial charge in [0.1, 0.15) is 23.5 Å². The van der Waals surface area contributed by atoms with Gasteiger partial charge >= 0.3 is 18.4 Å². The standard InChI is InChI=1S/C24H23F7N2O6S/c1-13(34)4-6-17-12-33(40(36,37)18-9-14(23(26,27)28)8-15(25)10-18)19-11-16(5-7-20(19)38-17)32-21(35)39-22(2,3)24(29,30)31/h5,7-11,17H,4,6,12H2,1-3H3,(H,32,35). The number of ether oxygens (including phenoxy) is 2. The molecule has 1 unspecified atom stereocenters. The Morgan fingerprint density at radius 2 is 1.73 bits per heavy atom. The van der Waals surface area contributed by atoms with Crippen molar-refractivity contribution in [2.75, 3.05) is 16.2 Å². The molecule has 1 N–H and O–H groups in total. The van der Waals surface area contributed by atoms with Gasteiger partial charge in [-0.3, -0.25) is 9.62 Å². The van der Waals surface area contributed by atoms with E-state index in [9.17, 15) is 48.7 Å². The maximum Gasteiger partial charge on any atom is 0.427 e. The molecule has 2 aromatic carbocycles. The number of nitrogens with one attached hydrogen (secondary N) is 1. The van der Waals surface area contributed by atoms with Crippen LogP contribution in [0.1, 0.15) is 39.2 Å². The highest BCUT2D eigenvalue weighted by molar-refractivity contribution is 7.92. The Hall–Kier alpha value is -3.56. The third-order valence-corrected chi connectivity index (χ3v) is 7.53. The third-order valence-electron chi connectivity index (χ3n) is 5.77. The average molecular weight is 601 g/mol. The number of amides is 1. The predicted octanol–water partition coefficient (Wildman–Crippen LogP) is 6.06.